The average Bonchev–Trinajstić information content (AvgIpc) is 2.60. The maximum absolute atomic E-state index is 12.9. The summed E-state index contributed by atoms with van der Waals surface area (Å²) in [6, 6.07) is 6.32. The largest absolute Gasteiger partial charge is 0.478 e. The number of carbonyl (C=O) groups is 1. The van der Waals surface area contributed by atoms with Gasteiger partial charge in [0.15, 0.2) is 0 Å². The third kappa shape index (κ3) is 2.11. The summed E-state index contributed by atoms with van der Waals surface area (Å²) in [5.41, 5.74) is 0.886. The molecule has 1 heterocycles. The van der Waals surface area contributed by atoms with Crippen LogP contribution in [0.25, 0.3) is 10.9 Å². The van der Waals surface area contributed by atoms with Gasteiger partial charge in [0, 0.05) is 29.7 Å². The van der Waals surface area contributed by atoms with Crippen LogP contribution in [0.1, 0.15) is 0 Å². The summed E-state index contributed by atoms with van der Waals surface area (Å²) < 4.78 is 14.8. The van der Waals surface area contributed by atoms with Crippen molar-refractivity contribution in [1.29, 1.82) is 0 Å². The van der Waals surface area contributed by atoms with E-state index in [0.29, 0.717) is 6.54 Å². The number of carboxylic acids is 1. The highest BCUT2D eigenvalue weighted by molar-refractivity contribution is 5.81. The van der Waals surface area contributed by atoms with Crippen LogP contribution in [-0.2, 0) is 11.3 Å². The van der Waals surface area contributed by atoms with E-state index in [4.69, 9.17) is 5.11 Å². The number of aliphatic carboxylic acids is 1. The Morgan fingerprint density at radius 3 is 3.00 bits per heavy atom. The number of fused-ring (bicyclic) bond motifs is 1. The second-order valence-electron chi connectivity index (χ2n) is 3.41. The fraction of sp³-hybridized carbons (Fsp3) is 0.0833. The van der Waals surface area contributed by atoms with E-state index in [9.17, 15) is 9.18 Å². The molecular formula is C12H10FNO2. The molecule has 82 valence electrons. The van der Waals surface area contributed by atoms with Crippen LogP contribution in [0, 0.1) is 5.82 Å². The maximum atomic E-state index is 12.9. The summed E-state index contributed by atoms with van der Waals surface area (Å²) >= 11 is 0. The average molecular weight is 219 g/mol. The van der Waals surface area contributed by atoms with Crippen molar-refractivity contribution in [2.24, 2.45) is 0 Å². The molecule has 16 heavy (non-hydrogen) atoms. The third-order valence-electron chi connectivity index (χ3n) is 2.30. The molecule has 2 rings (SSSR count). The molecule has 1 aromatic heterocycles. The lowest BCUT2D eigenvalue weighted by molar-refractivity contribution is -0.131. The SMILES string of the molecule is O=C(O)C=CCn1ccc2cc(F)ccc21. The topological polar surface area (TPSA) is 42.2 Å². The Kier molecular flexibility index (Phi) is 2.72. The minimum Gasteiger partial charge on any atom is -0.478 e. The first-order valence-electron chi connectivity index (χ1n) is 4.81. The molecule has 4 heteroatoms. The van der Waals surface area contributed by atoms with Gasteiger partial charge in [-0.1, -0.05) is 6.08 Å². The third-order valence-corrected chi connectivity index (χ3v) is 2.30. The monoisotopic (exact) mass is 219 g/mol. The molecule has 0 atom stereocenters. The van der Waals surface area contributed by atoms with Gasteiger partial charge in [-0.05, 0) is 24.3 Å². The van der Waals surface area contributed by atoms with Crippen LogP contribution in [0.3, 0.4) is 0 Å². The van der Waals surface area contributed by atoms with E-state index in [1.54, 1.807) is 24.4 Å². The predicted molar refractivity (Wildman–Crippen MR) is 58.7 cm³/mol. The summed E-state index contributed by atoms with van der Waals surface area (Å²) in [5, 5.41) is 9.26. The van der Waals surface area contributed by atoms with Crippen LogP contribution < -0.4 is 0 Å². The molecule has 0 spiro atoms. The number of carboxylic acid groups (broad SMARTS) is 1. The highest BCUT2D eigenvalue weighted by atomic mass is 19.1. The summed E-state index contributed by atoms with van der Waals surface area (Å²) in [4.78, 5) is 10.3. The first-order valence-corrected chi connectivity index (χ1v) is 4.81. The number of allylic oxidation sites excluding steroid dienone is 1. The highest BCUT2D eigenvalue weighted by Gasteiger charge is 2.00. The zero-order valence-corrected chi connectivity index (χ0v) is 8.43. The van der Waals surface area contributed by atoms with Gasteiger partial charge in [-0.2, -0.15) is 0 Å². The van der Waals surface area contributed by atoms with E-state index < -0.39 is 5.97 Å². The molecule has 0 bridgehead atoms. The molecule has 0 fully saturated rings. The molecule has 0 saturated carbocycles. The fourth-order valence-electron chi connectivity index (χ4n) is 1.60. The lowest BCUT2D eigenvalue weighted by Crippen LogP contribution is -1.94. The van der Waals surface area contributed by atoms with Crippen molar-refractivity contribution in [3.63, 3.8) is 0 Å². The molecule has 0 aliphatic rings. The summed E-state index contributed by atoms with van der Waals surface area (Å²) in [6.07, 6.45) is 4.44. The van der Waals surface area contributed by atoms with Gasteiger partial charge in [-0.15, -0.1) is 0 Å². The molecule has 1 aromatic carbocycles. The van der Waals surface area contributed by atoms with Crippen molar-refractivity contribution in [3.8, 4) is 0 Å². The van der Waals surface area contributed by atoms with Crippen molar-refractivity contribution in [3.05, 3.63) is 48.4 Å². The van der Waals surface area contributed by atoms with Crippen molar-refractivity contribution in [2.75, 3.05) is 0 Å². The van der Waals surface area contributed by atoms with E-state index in [1.807, 2.05) is 4.57 Å². The first-order chi connectivity index (χ1) is 7.66. The Balaban J connectivity index is 2.28. The van der Waals surface area contributed by atoms with Crippen LogP contribution in [0.4, 0.5) is 4.39 Å². The minimum absolute atomic E-state index is 0.272. The van der Waals surface area contributed by atoms with E-state index >= 15 is 0 Å². The number of hydrogen-bond acceptors (Lipinski definition) is 1. The molecule has 2 aromatic rings. The standard InChI is InChI=1S/C12H10FNO2/c13-10-3-4-11-9(8-10)5-7-14(11)6-1-2-12(15)16/h1-5,7-8H,6H2,(H,15,16). The number of benzene rings is 1. The number of aromatic nitrogens is 1. The molecular weight excluding hydrogens is 209 g/mol. The van der Waals surface area contributed by atoms with Gasteiger partial charge in [-0.25, -0.2) is 9.18 Å². The zero-order valence-electron chi connectivity index (χ0n) is 8.43. The van der Waals surface area contributed by atoms with Crippen LogP contribution in [0.2, 0.25) is 0 Å². The number of rotatable bonds is 3. The van der Waals surface area contributed by atoms with E-state index in [0.717, 1.165) is 17.0 Å². The predicted octanol–water partition coefficient (Wildman–Crippen LogP) is 2.42. The van der Waals surface area contributed by atoms with Crippen LogP contribution in [0.15, 0.2) is 42.6 Å². The lowest BCUT2D eigenvalue weighted by atomic mass is 10.2. The zero-order chi connectivity index (χ0) is 11.5. The summed E-state index contributed by atoms with van der Waals surface area (Å²) in [7, 11) is 0. The van der Waals surface area contributed by atoms with Crippen molar-refractivity contribution in [1.82, 2.24) is 4.57 Å². The van der Waals surface area contributed by atoms with E-state index in [2.05, 4.69) is 0 Å². The fourth-order valence-corrected chi connectivity index (χ4v) is 1.60. The van der Waals surface area contributed by atoms with E-state index in [-0.39, 0.29) is 5.82 Å². The molecule has 0 unspecified atom stereocenters. The van der Waals surface area contributed by atoms with Crippen LogP contribution in [-0.4, -0.2) is 15.6 Å². The number of hydrogen-bond donors (Lipinski definition) is 1. The highest BCUT2D eigenvalue weighted by Crippen LogP contribution is 2.16. The smallest absolute Gasteiger partial charge is 0.328 e. The van der Waals surface area contributed by atoms with Gasteiger partial charge in [-0.3, -0.25) is 0 Å². The van der Waals surface area contributed by atoms with Crippen molar-refractivity contribution >= 4 is 16.9 Å². The second-order valence-corrected chi connectivity index (χ2v) is 3.41. The molecule has 0 radical (unpaired) electrons. The molecule has 3 nitrogen and oxygen atoms in total. The lowest BCUT2D eigenvalue weighted by Gasteiger charge is -2.00. The van der Waals surface area contributed by atoms with E-state index in [1.165, 1.54) is 12.1 Å². The number of nitrogens with zero attached hydrogens (tertiary/aromatic N) is 1. The minimum atomic E-state index is -0.970. The molecule has 0 amide bonds. The Morgan fingerprint density at radius 2 is 2.25 bits per heavy atom. The summed E-state index contributed by atoms with van der Waals surface area (Å²) in [5.74, 6) is -1.24. The van der Waals surface area contributed by atoms with Crippen molar-refractivity contribution in [2.45, 2.75) is 6.54 Å². The summed E-state index contributed by atoms with van der Waals surface area (Å²) in [6.45, 7) is 0.460. The molecule has 0 aliphatic carbocycles. The van der Waals surface area contributed by atoms with Crippen molar-refractivity contribution < 1.29 is 14.3 Å². The van der Waals surface area contributed by atoms with Gasteiger partial charge < -0.3 is 9.67 Å². The van der Waals surface area contributed by atoms with Crippen LogP contribution >= 0.6 is 0 Å². The van der Waals surface area contributed by atoms with Gasteiger partial charge in [0.05, 0.1) is 0 Å². The van der Waals surface area contributed by atoms with Gasteiger partial charge >= 0.3 is 5.97 Å². The first kappa shape index (κ1) is 10.4. The Labute approximate surface area is 91.4 Å². The normalized spacial score (nSPS) is 11.3. The molecule has 0 saturated heterocycles. The Bertz CT molecular complexity index is 557. The Morgan fingerprint density at radius 1 is 1.44 bits per heavy atom. The van der Waals surface area contributed by atoms with Gasteiger partial charge in [0.1, 0.15) is 5.82 Å². The van der Waals surface area contributed by atoms with Gasteiger partial charge in [0.2, 0.25) is 0 Å². The second kappa shape index (κ2) is 4.18. The van der Waals surface area contributed by atoms with Gasteiger partial charge in [0.25, 0.3) is 0 Å². The maximum Gasteiger partial charge on any atom is 0.328 e. The van der Waals surface area contributed by atoms with Crippen LogP contribution in [0.5, 0.6) is 0 Å². The Hall–Kier alpha value is -2.10. The number of halogens is 1. The molecule has 1 N–H and O–H groups in total. The molecule has 0 aliphatic heterocycles. The quantitative estimate of drug-likeness (QED) is 0.805.